The summed E-state index contributed by atoms with van der Waals surface area (Å²) in [5.41, 5.74) is 1.17. The number of nitrogens with zero attached hydrogens (tertiary/aromatic N) is 2. The van der Waals surface area contributed by atoms with Crippen LogP contribution in [-0.4, -0.2) is 22.8 Å². The summed E-state index contributed by atoms with van der Waals surface area (Å²) < 4.78 is 0. The van der Waals surface area contributed by atoms with Gasteiger partial charge in [0.2, 0.25) is 0 Å². The minimum absolute atomic E-state index is 0.823. The van der Waals surface area contributed by atoms with Crippen molar-refractivity contribution in [1.82, 2.24) is 9.88 Å². The highest BCUT2D eigenvalue weighted by Gasteiger charge is 2.17. The number of hydrogen-bond acceptors (Lipinski definition) is 3. The molecule has 0 fully saturated rings. The quantitative estimate of drug-likeness (QED) is 0.525. The standard InChI is InChI=1S/C8H11N3S/c1-6-10-7-4-11(5-9)3-2-8(7)12-6/h5,9H,2-4H2,1H3. The molecule has 0 unspecified atom stereocenters. The highest BCUT2D eigenvalue weighted by Crippen LogP contribution is 2.23. The molecule has 0 spiro atoms. The third kappa shape index (κ3) is 1.22. The minimum Gasteiger partial charge on any atom is -0.357 e. The second-order valence-electron chi connectivity index (χ2n) is 2.95. The van der Waals surface area contributed by atoms with Crippen LogP contribution in [0.25, 0.3) is 0 Å². The van der Waals surface area contributed by atoms with Gasteiger partial charge in [0.1, 0.15) is 0 Å². The van der Waals surface area contributed by atoms with Crippen molar-refractivity contribution in [2.45, 2.75) is 19.9 Å². The maximum absolute atomic E-state index is 7.12. The zero-order valence-corrected chi connectivity index (χ0v) is 7.82. The number of aromatic nitrogens is 1. The van der Waals surface area contributed by atoms with E-state index in [-0.39, 0.29) is 0 Å². The molecular weight excluding hydrogens is 170 g/mol. The molecule has 64 valence electrons. The van der Waals surface area contributed by atoms with Gasteiger partial charge in [-0.25, -0.2) is 4.98 Å². The van der Waals surface area contributed by atoms with Gasteiger partial charge in [0.25, 0.3) is 0 Å². The highest BCUT2D eigenvalue weighted by atomic mass is 32.1. The monoisotopic (exact) mass is 181 g/mol. The van der Waals surface area contributed by atoms with Crippen molar-refractivity contribution in [2.24, 2.45) is 0 Å². The first-order valence-electron chi connectivity index (χ1n) is 3.99. The summed E-state index contributed by atoms with van der Waals surface area (Å²) in [5.74, 6) is 0. The van der Waals surface area contributed by atoms with E-state index in [1.807, 2.05) is 11.8 Å². The summed E-state index contributed by atoms with van der Waals surface area (Å²) in [6.07, 6.45) is 2.45. The van der Waals surface area contributed by atoms with Gasteiger partial charge in [-0.05, 0) is 6.92 Å². The first-order valence-corrected chi connectivity index (χ1v) is 4.81. The Kier molecular flexibility index (Phi) is 1.84. The third-order valence-corrected chi connectivity index (χ3v) is 3.12. The van der Waals surface area contributed by atoms with E-state index >= 15 is 0 Å². The maximum Gasteiger partial charge on any atom is 0.0901 e. The van der Waals surface area contributed by atoms with Crippen LogP contribution < -0.4 is 0 Å². The Bertz CT molecular complexity index is 305. The fraction of sp³-hybridized carbons (Fsp3) is 0.500. The molecule has 1 aromatic heterocycles. The fourth-order valence-electron chi connectivity index (χ4n) is 1.46. The van der Waals surface area contributed by atoms with Crippen molar-refractivity contribution < 1.29 is 0 Å². The normalized spacial score (nSPS) is 15.9. The second kappa shape index (κ2) is 2.86. The predicted octanol–water partition coefficient (Wildman–Crippen LogP) is 1.42. The molecule has 0 aromatic carbocycles. The van der Waals surface area contributed by atoms with E-state index in [9.17, 15) is 0 Å². The maximum atomic E-state index is 7.12. The average molecular weight is 181 g/mol. The molecule has 1 aliphatic rings. The largest absolute Gasteiger partial charge is 0.357 e. The van der Waals surface area contributed by atoms with E-state index < -0.39 is 0 Å². The minimum atomic E-state index is 0.823. The zero-order chi connectivity index (χ0) is 8.55. The summed E-state index contributed by atoms with van der Waals surface area (Å²) in [6, 6.07) is 0. The number of hydrogen-bond donors (Lipinski definition) is 1. The summed E-state index contributed by atoms with van der Waals surface area (Å²) in [5, 5.41) is 8.27. The van der Waals surface area contributed by atoms with Crippen LogP contribution in [-0.2, 0) is 13.0 Å². The summed E-state index contributed by atoms with van der Waals surface area (Å²) in [4.78, 5) is 7.82. The van der Waals surface area contributed by atoms with Crippen molar-refractivity contribution >= 4 is 17.7 Å². The smallest absolute Gasteiger partial charge is 0.0901 e. The van der Waals surface area contributed by atoms with Gasteiger partial charge in [0, 0.05) is 17.8 Å². The predicted molar refractivity (Wildman–Crippen MR) is 49.7 cm³/mol. The van der Waals surface area contributed by atoms with Crippen LogP contribution >= 0.6 is 11.3 Å². The third-order valence-electron chi connectivity index (χ3n) is 2.05. The molecule has 0 aliphatic carbocycles. The fourth-order valence-corrected chi connectivity index (χ4v) is 2.39. The van der Waals surface area contributed by atoms with E-state index in [1.54, 1.807) is 11.3 Å². The first kappa shape index (κ1) is 7.73. The lowest BCUT2D eigenvalue weighted by molar-refractivity contribution is 0.400. The van der Waals surface area contributed by atoms with Crippen molar-refractivity contribution in [1.29, 1.82) is 5.41 Å². The molecule has 0 saturated heterocycles. The van der Waals surface area contributed by atoms with Gasteiger partial charge in [-0.2, -0.15) is 0 Å². The Morgan fingerprint density at radius 1 is 1.67 bits per heavy atom. The Hall–Kier alpha value is -0.900. The summed E-state index contributed by atoms with van der Waals surface area (Å²) in [6.45, 7) is 3.83. The molecule has 2 heterocycles. The van der Waals surface area contributed by atoms with Crippen LogP contribution in [0, 0.1) is 12.3 Å². The average Bonchev–Trinajstić information content (AvgIpc) is 2.43. The van der Waals surface area contributed by atoms with Crippen LogP contribution in [0.1, 0.15) is 15.6 Å². The van der Waals surface area contributed by atoms with Gasteiger partial charge in [-0.1, -0.05) is 0 Å². The molecule has 4 heteroatoms. The van der Waals surface area contributed by atoms with E-state index in [1.165, 1.54) is 16.9 Å². The van der Waals surface area contributed by atoms with Gasteiger partial charge < -0.3 is 4.90 Å². The zero-order valence-electron chi connectivity index (χ0n) is 7.00. The summed E-state index contributed by atoms with van der Waals surface area (Å²) >= 11 is 1.79. The van der Waals surface area contributed by atoms with Crippen LogP contribution in [0.5, 0.6) is 0 Å². The lowest BCUT2D eigenvalue weighted by atomic mass is 10.2. The molecule has 0 amide bonds. The molecule has 1 aliphatic heterocycles. The first-order chi connectivity index (χ1) is 5.79. The van der Waals surface area contributed by atoms with E-state index in [0.717, 1.165) is 24.5 Å². The van der Waals surface area contributed by atoms with E-state index in [2.05, 4.69) is 4.98 Å². The Morgan fingerprint density at radius 3 is 3.25 bits per heavy atom. The number of rotatable bonds is 1. The molecule has 3 nitrogen and oxygen atoms in total. The molecule has 0 radical (unpaired) electrons. The SMILES string of the molecule is Cc1nc2c(s1)CCN(C=N)C2. The van der Waals surface area contributed by atoms with Crippen LogP contribution in [0.4, 0.5) is 0 Å². The Labute approximate surface area is 75.6 Å². The molecule has 0 atom stereocenters. The van der Waals surface area contributed by atoms with Gasteiger partial charge in [-0.15, -0.1) is 11.3 Å². The molecule has 2 rings (SSSR count). The number of aryl methyl sites for hydroxylation is 1. The highest BCUT2D eigenvalue weighted by molar-refractivity contribution is 7.11. The second-order valence-corrected chi connectivity index (χ2v) is 4.24. The Balaban J connectivity index is 2.28. The van der Waals surface area contributed by atoms with Gasteiger partial charge >= 0.3 is 0 Å². The van der Waals surface area contributed by atoms with Crippen molar-refractivity contribution in [2.75, 3.05) is 6.54 Å². The van der Waals surface area contributed by atoms with Crippen molar-refractivity contribution in [3.8, 4) is 0 Å². The van der Waals surface area contributed by atoms with Gasteiger partial charge in [0.05, 0.1) is 23.6 Å². The summed E-state index contributed by atoms with van der Waals surface area (Å²) in [7, 11) is 0. The van der Waals surface area contributed by atoms with Crippen LogP contribution in [0.3, 0.4) is 0 Å². The molecular formula is C8H11N3S. The number of nitrogens with one attached hydrogen (secondary N) is 1. The van der Waals surface area contributed by atoms with Crippen molar-refractivity contribution in [3.63, 3.8) is 0 Å². The number of thiazole rings is 1. The molecule has 1 aromatic rings. The molecule has 1 N–H and O–H groups in total. The van der Waals surface area contributed by atoms with Gasteiger partial charge in [0.15, 0.2) is 0 Å². The number of fused-ring (bicyclic) bond motifs is 1. The molecule has 12 heavy (non-hydrogen) atoms. The lowest BCUT2D eigenvalue weighted by Crippen LogP contribution is -2.28. The van der Waals surface area contributed by atoms with E-state index in [4.69, 9.17) is 5.41 Å². The Morgan fingerprint density at radius 2 is 2.50 bits per heavy atom. The van der Waals surface area contributed by atoms with E-state index in [0.29, 0.717) is 0 Å². The molecule has 0 saturated carbocycles. The van der Waals surface area contributed by atoms with Crippen LogP contribution in [0.2, 0.25) is 0 Å². The topological polar surface area (TPSA) is 40.0 Å². The lowest BCUT2D eigenvalue weighted by Gasteiger charge is -2.22. The van der Waals surface area contributed by atoms with Crippen LogP contribution in [0.15, 0.2) is 0 Å². The van der Waals surface area contributed by atoms with Gasteiger partial charge in [-0.3, -0.25) is 5.41 Å². The molecule has 0 bridgehead atoms. The van der Waals surface area contributed by atoms with Crippen molar-refractivity contribution in [3.05, 3.63) is 15.6 Å².